The van der Waals surface area contributed by atoms with Gasteiger partial charge in [-0.1, -0.05) is 20.8 Å². The predicted molar refractivity (Wildman–Crippen MR) is 100 cm³/mol. The summed E-state index contributed by atoms with van der Waals surface area (Å²) in [6.45, 7) is 8.44. The molecule has 1 atom stereocenters. The van der Waals surface area contributed by atoms with E-state index < -0.39 is 12.0 Å². The molecule has 1 aromatic rings. The van der Waals surface area contributed by atoms with Gasteiger partial charge in [0.05, 0.1) is 24.8 Å². The quantitative estimate of drug-likeness (QED) is 0.634. The molecule has 140 valence electrons. The zero-order valence-electron chi connectivity index (χ0n) is 15.5. The van der Waals surface area contributed by atoms with Crippen molar-refractivity contribution in [1.29, 1.82) is 5.26 Å². The maximum Gasteiger partial charge on any atom is 0.328 e. The SMILES string of the molecule is CC(C)(C)CC(N=C(Nc1ccc(C#N)cc1)N1CCOCC1)C(=O)O. The summed E-state index contributed by atoms with van der Waals surface area (Å²) in [5.41, 5.74) is 1.17. The fraction of sp³-hybridized carbons (Fsp3) is 0.526. The largest absolute Gasteiger partial charge is 0.480 e. The Bertz CT molecular complexity index is 680. The van der Waals surface area contributed by atoms with Gasteiger partial charge >= 0.3 is 5.97 Å². The van der Waals surface area contributed by atoms with Crippen LogP contribution < -0.4 is 5.32 Å². The summed E-state index contributed by atoms with van der Waals surface area (Å²) < 4.78 is 5.39. The van der Waals surface area contributed by atoms with Gasteiger partial charge < -0.3 is 20.1 Å². The lowest BCUT2D eigenvalue weighted by molar-refractivity contribution is -0.139. The van der Waals surface area contributed by atoms with Crippen LogP contribution in [0.3, 0.4) is 0 Å². The number of nitrogens with zero attached hydrogens (tertiary/aromatic N) is 3. The lowest BCUT2D eigenvalue weighted by atomic mass is 9.88. The van der Waals surface area contributed by atoms with Crippen molar-refractivity contribution in [3.05, 3.63) is 29.8 Å². The molecule has 1 aromatic carbocycles. The number of benzene rings is 1. The number of guanidine groups is 1. The van der Waals surface area contributed by atoms with E-state index in [1.165, 1.54) is 0 Å². The van der Waals surface area contributed by atoms with Crippen molar-refractivity contribution in [2.24, 2.45) is 10.4 Å². The summed E-state index contributed by atoms with van der Waals surface area (Å²) in [5, 5.41) is 21.7. The van der Waals surface area contributed by atoms with Crippen LogP contribution in [0.2, 0.25) is 0 Å². The number of carbonyl (C=O) groups is 1. The molecule has 7 nitrogen and oxygen atoms in total. The van der Waals surface area contributed by atoms with Gasteiger partial charge in [-0.15, -0.1) is 0 Å². The van der Waals surface area contributed by atoms with E-state index in [-0.39, 0.29) is 5.41 Å². The van der Waals surface area contributed by atoms with Gasteiger partial charge in [-0.3, -0.25) is 0 Å². The van der Waals surface area contributed by atoms with Gasteiger partial charge in [-0.25, -0.2) is 9.79 Å². The first-order valence-corrected chi connectivity index (χ1v) is 8.69. The summed E-state index contributed by atoms with van der Waals surface area (Å²) in [6, 6.07) is 8.24. The van der Waals surface area contributed by atoms with Crippen LogP contribution in [0.25, 0.3) is 0 Å². The fourth-order valence-corrected chi connectivity index (χ4v) is 2.64. The van der Waals surface area contributed by atoms with Gasteiger partial charge in [-0.2, -0.15) is 5.26 Å². The number of morpholine rings is 1. The molecule has 7 heteroatoms. The minimum absolute atomic E-state index is 0.156. The lowest BCUT2D eigenvalue weighted by Gasteiger charge is -2.31. The molecule has 1 aliphatic heterocycles. The summed E-state index contributed by atoms with van der Waals surface area (Å²) in [5.74, 6) is -0.415. The third-order valence-corrected chi connectivity index (χ3v) is 3.95. The number of rotatable bonds is 4. The number of aliphatic imine (C=N–C) groups is 1. The van der Waals surface area contributed by atoms with Gasteiger partial charge in [-0.05, 0) is 36.1 Å². The Balaban J connectivity index is 2.28. The second-order valence-corrected chi connectivity index (χ2v) is 7.49. The van der Waals surface area contributed by atoms with E-state index in [4.69, 9.17) is 10.00 Å². The van der Waals surface area contributed by atoms with Crippen LogP contribution in [0, 0.1) is 16.7 Å². The number of nitriles is 1. The maximum absolute atomic E-state index is 11.7. The highest BCUT2D eigenvalue weighted by Gasteiger charge is 2.26. The molecule has 1 heterocycles. The predicted octanol–water partition coefficient (Wildman–Crippen LogP) is 2.55. The number of carboxylic acids is 1. The van der Waals surface area contributed by atoms with E-state index in [1.54, 1.807) is 24.3 Å². The topological polar surface area (TPSA) is 98.0 Å². The number of carboxylic acid groups (broad SMARTS) is 1. The Morgan fingerprint density at radius 1 is 1.35 bits per heavy atom. The molecule has 1 fully saturated rings. The molecule has 0 radical (unpaired) electrons. The van der Waals surface area contributed by atoms with Gasteiger partial charge in [0.15, 0.2) is 12.0 Å². The summed E-state index contributed by atoms with van der Waals surface area (Å²) >= 11 is 0. The molecule has 2 N–H and O–H groups in total. The minimum Gasteiger partial charge on any atom is -0.480 e. The molecule has 26 heavy (non-hydrogen) atoms. The smallest absolute Gasteiger partial charge is 0.328 e. The number of hydrogen-bond donors (Lipinski definition) is 2. The number of aliphatic carboxylic acids is 1. The first-order valence-electron chi connectivity index (χ1n) is 8.69. The van der Waals surface area contributed by atoms with E-state index in [9.17, 15) is 9.90 Å². The number of hydrogen-bond acceptors (Lipinski definition) is 4. The molecule has 0 bridgehead atoms. The summed E-state index contributed by atoms with van der Waals surface area (Å²) in [6.07, 6.45) is 0.436. The highest BCUT2D eigenvalue weighted by atomic mass is 16.5. The van der Waals surface area contributed by atoms with Crippen LogP contribution in [0.15, 0.2) is 29.3 Å². The van der Waals surface area contributed by atoms with Gasteiger partial charge in [0.1, 0.15) is 0 Å². The van der Waals surface area contributed by atoms with Gasteiger partial charge in [0.2, 0.25) is 0 Å². The number of anilines is 1. The zero-order valence-corrected chi connectivity index (χ0v) is 15.5. The molecule has 1 unspecified atom stereocenters. The number of ether oxygens (including phenoxy) is 1. The minimum atomic E-state index is -0.938. The van der Waals surface area contributed by atoms with Crippen molar-refractivity contribution in [2.75, 3.05) is 31.6 Å². The number of nitrogens with one attached hydrogen (secondary N) is 1. The summed E-state index contributed by atoms with van der Waals surface area (Å²) in [7, 11) is 0. The van der Waals surface area contributed by atoms with E-state index in [1.807, 2.05) is 25.7 Å². The molecule has 0 amide bonds. The van der Waals surface area contributed by atoms with E-state index in [2.05, 4.69) is 16.4 Å². The van der Waals surface area contributed by atoms with Crippen molar-refractivity contribution < 1.29 is 14.6 Å². The van der Waals surface area contributed by atoms with Crippen molar-refractivity contribution in [1.82, 2.24) is 4.90 Å². The monoisotopic (exact) mass is 358 g/mol. The molecule has 1 aliphatic rings. The van der Waals surface area contributed by atoms with Crippen LogP contribution in [0.4, 0.5) is 5.69 Å². The average Bonchev–Trinajstić information content (AvgIpc) is 2.60. The normalized spacial score (nSPS) is 16.7. The van der Waals surface area contributed by atoms with Crippen LogP contribution in [-0.4, -0.2) is 54.3 Å². The molecule has 0 aromatic heterocycles. The molecule has 2 rings (SSSR count). The Hall–Kier alpha value is -2.59. The first-order chi connectivity index (χ1) is 12.3. The Morgan fingerprint density at radius 3 is 2.46 bits per heavy atom. The van der Waals surface area contributed by atoms with Crippen molar-refractivity contribution in [2.45, 2.75) is 33.2 Å². The first kappa shape index (κ1) is 19.7. The third-order valence-electron chi connectivity index (χ3n) is 3.95. The molecule has 0 aliphatic carbocycles. The molecular formula is C19H26N4O3. The Morgan fingerprint density at radius 2 is 1.96 bits per heavy atom. The summed E-state index contributed by atoms with van der Waals surface area (Å²) in [4.78, 5) is 18.3. The van der Waals surface area contributed by atoms with Crippen LogP contribution >= 0.6 is 0 Å². The van der Waals surface area contributed by atoms with E-state index in [0.717, 1.165) is 5.69 Å². The molecule has 0 saturated carbocycles. The van der Waals surface area contributed by atoms with Gasteiger partial charge in [0, 0.05) is 18.8 Å². The van der Waals surface area contributed by atoms with Crippen molar-refractivity contribution >= 4 is 17.6 Å². The third kappa shape index (κ3) is 6.05. The highest BCUT2D eigenvalue weighted by molar-refractivity contribution is 5.95. The Labute approximate surface area is 154 Å². The molecular weight excluding hydrogens is 332 g/mol. The maximum atomic E-state index is 11.7. The highest BCUT2D eigenvalue weighted by Crippen LogP contribution is 2.23. The van der Waals surface area contributed by atoms with Crippen molar-refractivity contribution in [3.63, 3.8) is 0 Å². The standard InChI is InChI=1S/C19H26N4O3/c1-19(2,3)12-16(17(24)25)22-18(23-8-10-26-11-9-23)21-15-6-4-14(13-20)5-7-15/h4-7,16H,8-12H2,1-3H3,(H,21,22)(H,24,25). The Kier molecular flexibility index (Phi) is 6.58. The van der Waals surface area contributed by atoms with E-state index in [0.29, 0.717) is 44.2 Å². The average molecular weight is 358 g/mol. The fourth-order valence-electron chi connectivity index (χ4n) is 2.64. The van der Waals surface area contributed by atoms with Crippen LogP contribution in [0.1, 0.15) is 32.8 Å². The molecule has 1 saturated heterocycles. The van der Waals surface area contributed by atoms with E-state index >= 15 is 0 Å². The lowest BCUT2D eigenvalue weighted by Crippen LogP contribution is -2.45. The second kappa shape index (κ2) is 8.68. The zero-order chi connectivity index (χ0) is 19.2. The van der Waals surface area contributed by atoms with Gasteiger partial charge in [0.25, 0.3) is 0 Å². The second-order valence-electron chi connectivity index (χ2n) is 7.49. The van der Waals surface area contributed by atoms with Crippen LogP contribution in [0.5, 0.6) is 0 Å². The van der Waals surface area contributed by atoms with Crippen LogP contribution in [-0.2, 0) is 9.53 Å². The molecule has 0 spiro atoms. The van der Waals surface area contributed by atoms with Crippen molar-refractivity contribution in [3.8, 4) is 6.07 Å².